The Morgan fingerprint density at radius 2 is 1.89 bits per heavy atom. The first kappa shape index (κ1) is 11.9. The molecule has 0 saturated heterocycles. The van der Waals surface area contributed by atoms with Gasteiger partial charge in [-0.25, -0.2) is 4.79 Å². The minimum Gasteiger partial charge on any atom is -0.444 e. The maximum atomic E-state index is 12.0. The van der Waals surface area contributed by atoms with Crippen LogP contribution in [0.4, 0.5) is 4.79 Å². The minimum absolute atomic E-state index is 0.362. The number of ether oxygens (including phenoxy) is 1. The number of nitrogens with zero attached hydrogens (tertiary/aromatic N) is 2. The van der Waals surface area contributed by atoms with Crippen molar-refractivity contribution >= 4 is 6.09 Å². The van der Waals surface area contributed by atoms with E-state index in [1.54, 1.807) is 0 Å². The molecule has 1 amide bonds. The molecular weight excluding hydrogens is 230 g/mol. The van der Waals surface area contributed by atoms with E-state index in [1.807, 2.05) is 20.8 Å². The molecule has 2 heterocycles. The van der Waals surface area contributed by atoms with Gasteiger partial charge >= 0.3 is 6.09 Å². The number of rotatable bonds is 1. The number of carbonyl (C=O) groups excluding carboxylic acids is 1. The van der Waals surface area contributed by atoms with Gasteiger partial charge in [0.05, 0.1) is 6.04 Å². The number of alkyl carbamates (subject to hydrolysis) is 1. The first-order chi connectivity index (χ1) is 8.39. The van der Waals surface area contributed by atoms with Crippen molar-refractivity contribution in [3.8, 4) is 0 Å². The van der Waals surface area contributed by atoms with Gasteiger partial charge in [0.25, 0.3) is 0 Å². The van der Waals surface area contributed by atoms with Gasteiger partial charge in [-0.1, -0.05) is 0 Å². The monoisotopic (exact) mass is 251 g/mol. The summed E-state index contributed by atoms with van der Waals surface area (Å²) in [6, 6.07) is 0.393. The van der Waals surface area contributed by atoms with Crippen LogP contribution in [-0.2, 0) is 4.74 Å². The topological polar surface area (TPSA) is 63.0 Å². The van der Waals surface area contributed by atoms with E-state index in [-0.39, 0.29) is 6.09 Å². The lowest BCUT2D eigenvalue weighted by atomic mass is 9.75. The van der Waals surface area contributed by atoms with Gasteiger partial charge in [-0.05, 0) is 46.5 Å². The number of hydrogen-bond donors (Lipinski definition) is 1. The minimum atomic E-state index is -0.469. The zero-order valence-corrected chi connectivity index (χ0v) is 11.3. The van der Waals surface area contributed by atoms with E-state index in [1.165, 1.54) is 0 Å². The summed E-state index contributed by atoms with van der Waals surface area (Å²) in [6.45, 7) is 5.62. The van der Waals surface area contributed by atoms with Gasteiger partial charge in [0.15, 0.2) is 5.66 Å². The highest BCUT2D eigenvalue weighted by molar-refractivity contribution is 5.69. The normalized spacial score (nSPS) is 40.9. The number of nitrogens with one attached hydrogen (secondary N) is 1. The molecule has 2 aliphatic carbocycles. The quantitative estimate of drug-likeness (QED) is 0.778. The molecule has 0 spiro atoms. The zero-order chi connectivity index (χ0) is 13.0. The highest BCUT2D eigenvalue weighted by atomic mass is 16.6. The van der Waals surface area contributed by atoms with Crippen LogP contribution in [-0.4, -0.2) is 23.4 Å². The summed E-state index contributed by atoms with van der Waals surface area (Å²) in [6.07, 6.45) is 4.07. The SMILES string of the molecule is CC(C)(C)OC(=O)NC12N=NC3CC1CCC2C3. The van der Waals surface area contributed by atoms with E-state index in [0.717, 1.165) is 25.7 Å². The second kappa shape index (κ2) is 3.68. The number of carbonyl (C=O) groups is 1. The summed E-state index contributed by atoms with van der Waals surface area (Å²) in [4.78, 5) is 12.0. The molecule has 4 bridgehead atoms. The fraction of sp³-hybridized carbons (Fsp3) is 0.923. The van der Waals surface area contributed by atoms with Gasteiger partial charge < -0.3 is 4.74 Å². The summed E-state index contributed by atoms with van der Waals surface area (Å²) in [7, 11) is 0. The second-order valence-electron chi connectivity index (χ2n) is 6.76. The van der Waals surface area contributed by atoms with Crippen LogP contribution in [0.1, 0.15) is 46.5 Å². The van der Waals surface area contributed by atoms with Crippen molar-refractivity contribution in [2.45, 2.75) is 63.8 Å². The molecule has 2 saturated carbocycles. The predicted molar refractivity (Wildman–Crippen MR) is 66.2 cm³/mol. The van der Waals surface area contributed by atoms with E-state index >= 15 is 0 Å². The molecule has 2 unspecified atom stereocenters. The fourth-order valence-electron chi connectivity index (χ4n) is 3.65. The van der Waals surface area contributed by atoms with Crippen LogP contribution in [0.3, 0.4) is 0 Å². The summed E-state index contributed by atoms with van der Waals surface area (Å²) in [5.41, 5.74) is -0.931. The van der Waals surface area contributed by atoms with Gasteiger partial charge in [-0.15, -0.1) is 0 Å². The largest absolute Gasteiger partial charge is 0.444 e. The van der Waals surface area contributed by atoms with Crippen LogP contribution in [0.25, 0.3) is 0 Å². The van der Waals surface area contributed by atoms with Gasteiger partial charge in [0.2, 0.25) is 0 Å². The molecule has 0 aromatic carbocycles. The van der Waals surface area contributed by atoms with Crippen LogP contribution in [0.15, 0.2) is 10.2 Å². The van der Waals surface area contributed by atoms with Crippen LogP contribution in [0.2, 0.25) is 0 Å². The van der Waals surface area contributed by atoms with Crippen molar-refractivity contribution in [1.29, 1.82) is 0 Å². The standard InChI is InChI=1S/C13H21N3O2/c1-12(2,3)18-11(17)14-13-8-4-5-9(13)7-10(6-8)15-16-13/h8-10H,4-7H2,1-3H3,(H,14,17). The Hall–Kier alpha value is -1.13. The number of hydrogen-bond acceptors (Lipinski definition) is 4. The van der Waals surface area contributed by atoms with Crippen LogP contribution >= 0.6 is 0 Å². The maximum Gasteiger partial charge on any atom is 0.409 e. The van der Waals surface area contributed by atoms with E-state index in [2.05, 4.69) is 15.5 Å². The van der Waals surface area contributed by atoms with Crippen LogP contribution in [0.5, 0.6) is 0 Å². The van der Waals surface area contributed by atoms with Gasteiger partial charge in [0, 0.05) is 11.8 Å². The molecule has 4 aliphatic rings. The molecule has 18 heavy (non-hydrogen) atoms. The Kier molecular flexibility index (Phi) is 2.44. The van der Waals surface area contributed by atoms with Crippen molar-refractivity contribution in [1.82, 2.24) is 5.32 Å². The number of azo groups is 1. The third-order valence-electron chi connectivity index (χ3n) is 4.31. The second-order valence-corrected chi connectivity index (χ2v) is 6.76. The Balaban J connectivity index is 1.77. The predicted octanol–water partition coefficient (Wildman–Crippen LogP) is 2.86. The maximum absolute atomic E-state index is 12.0. The van der Waals surface area contributed by atoms with Gasteiger partial charge in [-0.2, -0.15) is 10.2 Å². The van der Waals surface area contributed by atoms with Gasteiger partial charge in [-0.3, -0.25) is 5.32 Å². The summed E-state index contributed by atoms with van der Waals surface area (Å²) < 4.78 is 5.36. The molecule has 0 aromatic rings. The third kappa shape index (κ3) is 1.80. The van der Waals surface area contributed by atoms with Crippen molar-refractivity contribution in [3.05, 3.63) is 0 Å². The summed E-state index contributed by atoms with van der Waals surface area (Å²) >= 11 is 0. The lowest BCUT2D eigenvalue weighted by molar-refractivity contribution is 0.0236. The van der Waals surface area contributed by atoms with Crippen LogP contribution < -0.4 is 5.32 Å². The Morgan fingerprint density at radius 3 is 2.44 bits per heavy atom. The molecule has 4 rings (SSSR count). The average Bonchev–Trinajstić information content (AvgIpc) is 2.46. The molecule has 1 N–H and O–H groups in total. The van der Waals surface area contributed by atoms with E-state index in [4.69, 9.17) is 4.74 Å². The van der Waals surface area contributed by atoms with E-state index in [9.17, 15) is 4.79 Å². The number of amides is 1. The molecule has 2 atom stereocenters. The molecule has 2 aliphatic heterocycles. The Labute approximate surface area is 107 Å². The van der Waals surface area contributed by atoms with Crippen molar-refractivity contribution in [2.75, 3.05) is 0 Å². The Morgan fingerprint density at radius 1 is 1.28 bits per heavy atom. The lowest BCUT2D eigenvalue weighted by Gasteiger charge is -2.45. The summed E-state index contributed by atoms with van der Waals surface area (Å²) in [5, 5.41) is 11.8. The van der Waals surface area contributed by atoms with E-state index < -0.39 is 11.3 Å². The molecule has 0 aromatic heterocycles. The smallest absolute Gasteiger partial charge is 0.409 e. The van der Waals surface area contributed by atoms with E-state index in [0.29, 0.717) is 17.9 Å². The molecule has 0 radical (unpaired) electrons. The lowest BCUT2D eigenvalue weighted by Crippen LogP contribution is -2.60. The fourth-order valence-corrected chi connectivity index (χ4v) is 3.65. The Bertz CT molecular complexity index is 386. The molecule has 5 nitrogen and oxygen atoms in total. The first-order valence-electron chi connectivity index (χ1n) is 6.82. The molecule has 2 fully saturated rings. The van der Waals surface area contributed by atoms with Crippen molar-refractivity contribution < 1.29 is 9.53 Å². The molecule has 5 heteroatoms. The third-order valence-corrected chi connectivity index (χ3v) is 4.31. The zero-order valence-electron chi connectivity index (χ0n) is 11.3. The highest BCUT2D eigenvalue weighted by Gasteiger charge is 2.58. The summed E-state index contributed by atoms with van der Waals surface area (Å²) in [5.74, 6) is 0.900. The van der Waals surface area contributed by atoms with Crippen LogP contribution in [0, 0.1) is 11.8 Å². The molecule has 100 valence electrons. The molecular formula is C13H21N3O2. The van der Waals surface area contributed by atoms with Gasteiger partial charge in [0.1, 0.15) is 5.60 Å². The first-order valence-corrected chi connectivity index (χ1v) is 6.82. The highest BCUT2D eigenvalue weighted by Crippen LogP contribution is 2.54. The van der Waals surface area contributed by atoms with Crippen molar-refractivity contribution in [3.63, 3.8) is 0 Å². The average molecular weight is 251 g/mol. The van der Waals surface area contributed by atoms with Crippen molar-refractivity contribution in [2.24, 2.45) is 22.1 Å².